The Morgan fingerprint density at radius 1 is 1.07 bits per heavy atom. The first-order chi connectivity index (χ1) is 13.8. The van der Waals surface area contributed by atoms with Crippen molar-refractivity contribution in [1.82, 2.24) is 0 Å². The van der Waals surface area contributed by atoms with Crippen molar-refractivity contribution in [3.05, 3.63) is 64.5 Å². The van der Waals surface area contributed by atoms with E-state index in [1.54, 1.807) is 0 Å². The number of ether oxygens (including phenoxy) is 2. The van der Waals surface area contributed by atoms with Gasteiger partial charge in [0.25, 0.3) is 0 Å². The number of carbonyl (C=O) groups excluding carboxylic acids is 1. The van der Waals surface area contributed by atoms with Gasteiger partial charge in [-0.25, -0.2) is 4.79 Å². The second-order valence-corrected chi connectivity index (χ2v) is 7.71. The van der Waals surface area contributed by atoms with Gasteiger partial charge in [0.2, 0.25) is 11.2 Å². The summed E-state index contributed by atoms with van der Waals surface area (Å²) in [6.45, 7) is 2.24. The number of rotatable bonds is 7. The molecular formula is C20H18O8S. The number of benzene rings is 2. The molecule has 0 aliphatic rings. The van der Waals surface area contributed by atoms with E-state index in [1.807, 2.05) is 6.92 Å². The van der Waals surface area contributed by atoms with Gasteiger partial charge in [0.15, 0.2) is 0 Å². The molecule has 0 saturated heterocycles. The SMILES string of the molecule is CCCOC(=O)c1ccc(Oc2coc3cc(OS(C)(=O)=O)ccc3c2=O)cc1. The van der Waals surface area contributed by atoms with Crippen molar-refractivity contribution in [2.75, 3.05) is 12.9 Å². The van der Waals surface area contributed by atoms with Crippen molar-refractivity contribution in [3.63, 3.8) is 0 Å². The van der Waals surface area contributed by atoms with Crippen molar-refractivity contribution in [3.8, 4) is 17.2 Å². The normalized spacial score (nSPS) is 11.2. The molecular weight excluding hydrogens is 400 g/mol. The van der Waals surface area contributed by atoms with Gasteiger partial charge >= 0.3 is 16.1 Å². The van der Waals surface area contributed by atoms with E-state index < -0.39 is 21.5 Å². The zero-order valence-corrected chi connectivity index (χ0v) is 16.5. The van der Waals surface area contributed by atoms with Gasteiger partial charge in [-0.2, -0.15) is 8.42 Å². The molecule has 0 saturated carbocycles. The second kappa shape index (κ2) is 8.36. The zero-order chi connectivity index (χ0) is 21.0. The van der Waals surface area contributed by atoms with Gasteiger partial charge in [-0.15, -0.1) is 0 Å². The van der Waals surface area contributed by atoms with Crippen LogP contribution in [0.4, 0.5) is 0 Å². The molecule has 0 bridgehead atoms. The highest BCUT2D eigenvalue weighted by molar-refractivity contribution is 7.86. The molecule has 3 aromatic rings. The van der Waals surface area contributed by atoms with Gasteiger partial charge in [-0.05, 0) is 42.8 Å². The van der Waals surface area contributed by atoms with E-state index in [4.69, 9.17) is 18.1 Å². The Balaban J connectivity index is 1.81. The molecule has 0 atom stereocenters. The fourth-order valence-electron chi connectivity index (χ4n) is 2.45. The maximum absolute atomic E-state index is 12.6. The van der Waals surface area contributed by atoms with Crippen molar-refractivity contribution < 1.29 is 31.3 Å². The van der Waals surface area contributed by atoms with Crippen LogP contribution in [0.3, 0.4) is 0 Å². The van der Waals surface area contributed by atoms with E-state index in [1.165, 1.54) is 42.5 Å². The van der Waals surface area contributed by atoms with Gasteiger partial charge in [-0.1, -0.05) is 6.92 Å². The van der Waals surface area contributed by atoms with Gasteiger partial charge in [0.05, 0.1) is 23.8 Å². The monoisotopic (exact) mass is 418 g/mol. The van der Waals surface area contributed by atoms with Crippen LogP contribution in [0.15, 0.2) is 57.9 Å². The topological polar surface area (TPSA) is 109 Å². The van der Waals surface area contributed by atoms with Gasteiger partial charge in [-0.3, -0.25) is 4.79 Å². The van der Waals surface area contributed by atoms with E-state index in [9.17, 15) is 18.0 Å². The minimum Gasteiger partial charge on any atom is -0.462 e. The van der Waals surface area contributed by atoms with E-state index in [2.05, 4.69) is 0 Å². The van der Waals surface area contributed by atoms with Crippen LogP contribution in [0, 0.1) is 0 Å². The summed E-state index contributed by atoms with van der Waals surface area (Å²) in [6, 6.07) is 10.2. The first-order valence-electron chi connectivity index (χ1n) is 8.67. The van der Waals surface area contributed by atoms with E-state index in [0.29, 0.717) is 17.9 Å². The Bertz CT molecular complexity index is 1190. The fourth-order valence-corrected chi connectivity index (χ4v) is 2.91. The summed E-state index contributed by atoms with van der Waals surface area (Å²) in [7, 11) is -3.70. The molecule has 0 spiro atoms. The van der Waals surface area contributed by atoms with Gasteiger partial charge in [0.1, 0.15) is 23.3 Å². The second-order valence-electron chi connectivity index (χ2n) is 6.14. The van der Waals surface area contributed by atoms with Crippen LogP contribution in [-0.4, -0.2) is 27.2 Å². The van der Waals surface area contributed by atoms with Crippen molar-refractivity contribution >= 4 is 27.1 Å². The summed E-state index contributed by atoms with van der Waals surface area (Å²) >= 11 is 0. The van der Waals surface area contributed by atoms with Crippen LogP contribution in [0.25, 0.3) is 11.0 Å². The predicted octanol–water partition coefficient (Wildman–Crippen LogP) is 3.49. The quantitative estimate of drug-likeness (QED) is 0.424. The third kappa shape index (κ3) is 5.14. The van der Waals surface area contributed by atoms with Crippen LogP contribution in [-0.2, 0) is 14.9 Å². The van der Waals surface area contributed by atoms with Crippen molar-refractivity contribution in [1.29, 1.82) is 0 Å². The fraction of sp³-hybridized carbons (Fsp3) is 0.200. The van der Waals surface area contributed by atoms with E-state index in [-0.39, 0.29) is 22.5 Å². The Morgan fingerprint density at radius 3 is 2.41 bits per heavy atom. The largest absolute Gasteiger partial charge is 0.462 e. The molecule has 0 aliphatic carbocycles. The third-order valence-corrected chi connectivity index (χ3v) is 4.21. The minimum atomic E-state index is -3.70. The molecule has 3 rings (SSSR count). The average Bonchev–Trinajstić information content (AvgIpc) is 2.67. The molecule has 0 N–H and O–H groups in total. The van der Waals surface area contributed by atoms with E-state index in [0.717, 1.165) is 18.9 Å². The van der Waals surface area contributed by atoms with Crippen LogP contribution in [0.5, 0.6) is 17.2 Å². The lowest BCUT2D eigenvalue weighted by atomic mass is 10.2. The standard InChI is InChI=1S/C20H18O8S/c1-3-10-25-20(22)13-4-6-14(7-5-13)27-18-12-26-17-11-15(28-29(2,23)24)8-9-16(17)19(18)21/h4-9,11-12H,3,10H2,1-2H3. The molecule has 9 heteroatoms. The Kier molecular flexibility index (Phi) is 5.88. The van der Waals surface area contributed by atoms with Crippen molar-refractivity contribution in [2.24, 2.45) is 0 Å². The van der Waals surface area contributed by atoms with Gasteiger partial charge < -0.3 is 18.1 Å². The molecule has 0 fully saturated rings. The van der Waals surface area contributed by atoms with Gasteiger partial charge in [0, 0.05) is 6.07 Å². The highest BCUT2D eigenvalue weighted by atomic mass is 32.2. The molecule has 2 aromatic carbocycles. The molecule has 0 radical (unpaired) electrons. The maximum atomic E-state index is 12.6. The molecule has 0 amide bonds. The predicted molar refractivity (Wildman–Crippen MR) is 105 cm³/mol. The van der Waals surface area contributed by atoms with Crippen LogP contribution in [0.1, 0.15) is 23.7 Å². The molecule has 0 unspecified atom stereocenters. The van der Waals surface area contributed by atoms with E-state index >= 15 is 0 Å². The zero-order valence-electron chi connectivity index (χ0n) is 15.7. The van der Waals surface area contributed by atoms with Crippen LogP contribution < -0.4 is 14.3 Å². The maximum Gasteiger partial charge on any atom is 0.338 e. The molecule has 1 heterocycles. The summed E-state index contributed by atoms with van der Waals surface area (Å²) < 4.78 is 43.2. The summed E-state index contributed by atoms with van der Waals surface area (Å²) in [5.74, 6) is -0.130. The summed E-state index contributed by atoms with van der Waals surface area (Å²) in [6.07, 6.45) is 2.77. The smallest absolute Gasteiger partial charge is 0.338 e. The Morgan fingerprint density at radius 2 is 1.76 bits per heavy atom. The third-order valence-electron chi connectivity index (χ3n) is 3.72. The Labute approximate surface area is 166 Å². The average molecular weight is 418 g/mol. The highest BCUT2D eigenvalue weighted by Crippen LogP contribution is 2.25. The summed E-state index contributed by atoms with van der Waals surface area (Å²) in [5, 5.41) is 0.197. The lowest BCUT2D eigenvalue weighted by Gasteiger charge is -2.08. The molecule has 1 aromatic heterocycles. The molecule has 29 heavy (non-hydrogen) atoms. The first kappa shape index (κ1) is 20.4. The number of esters is 1. The molecule has 152 valence electrons. The van der Waals surface area contributed by atoms with Crippen LogP contribution >= 0.6 is 0 Å². The molecule has 0 aliphatic heterocycles. The lowest BCUT2D eigenvalue weighted by molar-refractivity contribution is 0.0505. The highest BCUT2D eigenvalue weighted by Gasteiger charge is 2.13. The molecule has 8 nitrogen and oxygen atoms in total. The Hall–Kier alpha value is -3.33. The van der Waals surface area contributed by atoms with Crippen molar-refractivity contribution in [2.45, 2.75) is 13.3 Å². The minimum absolute atomic E-state index is 0.0300. The lowest BCUT2D eigenvalue weighted by Crippen LogP contribution is -2.08. The number of hydrogen-bond donors (Lipinski definition) is 0. The first-order valence-corrected chi connectivity index (χ1v) is 10.5. The number of hydrogen-bond acceptors (Lipinski definition) is 8. The summed E-state index contributed by atoms with van der Waals surface area (Å²) in [4.78, 5) is 24.4. The number of fused-ring (bicyclic) bond motifs is 1. The number of carbonyl (C=O) groups is 1. The summed E-state index contributed by atoms with van der Waals surface area (Å²) in [5.41, 5.74) is 0.0795. The van der Waals surface area contributed by atoms with Crippen LogP contribution in [0.2, 0.25) is 0 Å².